The van der Waals surface area contributed by atoms with Crippen molar-refractivity contribution in [1.82, 2.24) is 10.2 Å². The number of nitrogens with zero attached hydrogens (tertiary/aromatic N) is 1. The van der Waals surface area contributed by atoms with Gasteiger partial charge in [0.15, 0.2) is 0 Å². The molecule has 1 aromatic carbocycles. The van der Waals surface area contributed by atoms with Crippen molar-refractivity contribution in [2.45, 2.75) is 38.0 Å². The lowest BCUT2D eigenvalue weighted by Crippen LogP contribution is -2.41. The van der Waals surface area contributed by atoms with E-state index in [4.69, 9.17) is 16.3 Å². The Balaban J connectivity index is 1.35. The van der Waals surface area contributed by atoms with Gasteiger partial charge in [0.25, 0.3) is 0 Å². The zero-order valence-corrected chi connectivity index (χ0v) is 16.4. The van der Waals surface area contributed by atoms with Gasteiger partial charge in [-0.1, -0.05) is 29.8 Å². The lowest BCUT2D eigenvalue weighted by Gasteiger charge is -2.29. The van der Waals surface area contributed by atoms with Crippen LogP contribution in [0.4, 0.5) is 0 Å². The van der Waals surface area contributed by atoms with Crippen molar-refractivity contribution < 1.29 is 9.53 Å². The number of fused-ring (bicyclic) bond motifs is 2. The number of thiophene rings is 1. The number of carbonyl (C=O) groups excluding carboxylic acids is 1. The van der Waals surface area contributed by atoms with Crippen LogP contribution < -0.4 is 5.32 Å². The second kappa shape index (κ2) is 6.20. The van der Waals surface area contributed by atoms with Gasteiger partial charge in [-0.3, -0.25) is 9.69 Å². The van der Waals surface area contributed by atoms with Crippen LogP contribution >= 0.6 is 22.9 Å². The van der Waals surface area contributed by atoms with Crippen LogP contribution in [-0.4, -0.2) is 42.1 Å². The Morgan fingerprint density at radius 2 is 2.31 bits per heavy atom. The summed E-state index contributed by atoms with van der Waals surface area (Å²) in [6.07, 6.45) is 2.59. The van der Waals surface area contributed by atoms with Gasteiger partial charge < -0.3 is 10.1 Å². The number of likely N-dealkylation sites (tertiary alicyclic amines) is 1. The normalized spacial score (nSPS) is 33.1. The fourth-order valence-electron chi connectivity index (χ4n) is 5.31. The first-order valence-electron chi connectivity index (χ1n) is 9.36. The molecule has 1 N–H and O–H groups in total. The van der Waals surface area contributed by atoms with E-state index < -0.39 is 0 Å². The average molecular weight is 391 g/mol. The molecule has 4 atom stereocenters. The predicted octanol–water partition coefficient (Wildman–Crippen LogP) is 3.67. The van der Waals surface area contributed by atoms with E-state index in [1.54, 1.807) is 18.3 Å². The number of halogens is 1. The van der Waals surface area contributed by atoms with Gasteiger partial charge in [-0.25, -0.2) is 0 Å². The molecule has 4 heterocycles. The van der Waals surface area contributed by atoms with Crippen molar-refractivity contribution in [1.29, 1.82) is 0 Å². The Bertz CT molecular complexity index is 869. The van der Waals surface area contributed by atoms with Crippen molar-refractivity contribution in [3.8, 4) is 0 Å². The maximum atomic E-state index is 11.3. The number of rotatable bonds is 4. The first-order valence-corrected chi connectivity index (χ1v) is 10.6. The van der Waals surface area contributed by atoms with E-state index in [0.717, 1.165) is 49.4 Å². The third kappa shape index (κ3) is 2.60. The molecule has 0 radical (unpaired) electrons. The summed E-state index contributed by atoms with van der Waals surface area (Å²) in [5.74, 6) is 1.01. The molecule has 1 spiro atoms. The Morgan fingerprint density at radius 3 is 3.12 bits per heavy atom. The van der Waals surface area contributed by atoms with Crippen LogP contribution in [0, 0.1) is 11.8 Å². The summed E-state index contributed by atoms with van der Waals surface area (Å²) in [7, 11) is 0. The van der Waals surface area contributed by atoms with E-state index in [0.29, 0.717) is 17.9 Å². The Morgan fingerprint density at radius 1 is 1.46 bits per heavy atom. The number of nitrogens with one attached hydrogen (secondary N) is 1. The summed E-state index contributed by atoms with van der Waals surface area (Å²) in [6.45, 7) is 5.23. The zero-order chi connectivity index (χ0) is 17.9. The van der Waals surface area contributed by atoms with Gasteiger partial charge in [-0.15, -0.1) is 11.3 Å². The van der Waals surface area contributed by atoms with Crippen LogP contribution in [0.5, 0.6) is 0 Å². The molecular formula is C20H23ClN2O2S. The second-order valence-corrected chi connectivity index (χ2v) is 9.49. The molecule has 26 heavy (non-hydrogen) atoms. The number of ether oxygens (including phenoxy) is 1. The van der Waals surface area contributed by atoms with Gasteiger partial charge >= 0.3 is 0 Å². The van der Waals surface area contributed by atoms with Crippen LogP contribution in [0.15, 0.2) is 24.3 Å². The molecule has 3 saturated heterocycles. The summed E-state index contributed by atoms with van der Waals surface area (Å²) in [5, 5.41) is 5.08. The number of carbonyl (C=O) groups is 1. The molecule has 0 aliphatic carbocycles. The van der Waals surface area contributed by atoms with Gasteiger partial charge in [-0.2, -0.15) is 0 Å². The molecule has 3 fully saturated rings. The monoisotopic (exact) mass is 390 g/mol. The number of amides is 1. The molecule has 3 aliphatic heterocycles. The molecule has 3 aliphatic rings. The third-order valence-corrected chi connectivity index (χ3v) is 8.11. The van der Waals surface area contributed by atoms with E-state index in [-0.39, 0.29) is 11.5 Å². The Kier molecular flexibility index (Phi) is 4.05. The third-order valence-electron chi connectivity index (χ3n) is 6.41. The molecule has 6 heteroatoms. The fourth-order valence-corrected chi connectivity index (χ4v) is 6.85. The van der Waals surface area contributed by atoms with Crippen LogP contribution in [0.3, 0.4) is 0 Å². The van der Waals surface area contributed by atoms with Crippen molar-refractivity contribution in [3.05, 3.63) is 34.2 Å². The van der Waals surface area contributed by atoms with Gasteiger partial charge in [0.1, 0.15) is 0 Å². The minimum atomic E-state index is -0.00302. The van der Waals surface area contributed by atoms with Crippen LogP contribution in [0.2, 0.25) is 5.02 Å². The molecule has 5 rings (SSSR count). The molecule has 0 unspecified atom stereocenters. The van der Waals surface area contributed by atoms with Crippen LogP contribution in [0.25, 0.3) is 10.1 Å². The summed E-state index contributed by atoms with van der Waals surface area (Å²) in [5.41, 5.74) is -0.00302. The second-order valence-electron chi connectivity index (χ2n) is 7.97. The van der Waals surface area contributed by atoms with Crippen molar-refractivity contribution in [3.63, 3.8) is 0 Å². The first-order chi connectivity index (χ1) is 12.6. The van der Waals surface area contributed by atoms with E-state index in [9.17, 15) is 4.79 Å². The Labute approximate surface area is 162 Å². The molecule has 4 nitrogen and oxygen atoms in total. The quantitative estimate of drug-likeness (QED) is 0.866. The standard InChI is InChI=1S/C20H23ClN2O2S/c1-12(24)22-8-14-15-9-23(11-20(15)7-6-16(14)25-20)10-18-19(21)13-4-2-3-5-17(13)26-18/h2-5,14-16H,6-11H2,1H3,(H,22,24)/t14-,15+,16+,20+/m0/s1. The van der Waals surface area contributed by atoms with E-state index >= 15 is 0 Å². The van der Waals surface area contributed by atoms with Gasteiger partial charge in [-0.05, 0) is 18.9 Å². The van der Waals surface area contributed by atoms with Gasteiger partial charge in [0.05, 0.1) is 16.7 Å². The molecule has 2 aromatic rings. The minimum Gasteiger partial charge on any atom is -0.370 e. The lowest BCUT2D eigenvalue weighted by molar-refractivity contribution is -0.119. The van der Waals surface area contributed by atoms with E-state index in [2.05, 4.69) is 28.4 Å². The van der Waals surface area contributed by atoms with Crippen molar-refractivity contribution in [2.24, 2.45) is 11.8 Å². The zero-order valence-electron chi connectivity index (χ0n) is 14.8. The fraction of sp³-hybridized carbons (Fsp3) is 0.550. The smallest absolute Gasteiger partial charge is 0.216 e. The maximum Gasteiger partial charge on any atom is 0.216 e. The molecule has 1 aromatic heterocycles. The summed E-state index contributed by atoms with van der Waals surface area (Å²) in [6, 6.07) is 8.35. The largest absolute Gasteiger partial charge is 0.370 e. The highest BCUT2D eigenvalue weighted by Crippen LogP contribution is 2.55. The van der Waals surface area contributed by atoms with Gasteiger partial charge in [0, 0.05) is 59.9 Å². The average Bonchev–Trinajstić information content (AvgIpc) is 3.33. The van der Waals surface area contributed by atoms with Crippen LogP contribution in [-0.2, 0) is 16.1 Å². The number of benzene rings is 1. The topological polar surface area (TPSA) is 41.6 Å². The minimum absolute atomic E-state index is 0.00302. The number of hydrogen-bond acceptors (Lipinski definition) is 4. The van der Waals surface area contributed by atoms with E-state index in [1.165, 1.54) is 9.58 Å². The van der Waals surface area contributed by atoms with Gasteiger partial charge in [0.2, 0.25) is 5.91 Å². The molecule has 138 valence electrons. The van der Waals surface area contributed by atoms with Crippen molar-refractivity contribution >= 4 is 38.9 Å². The molecular weight excluding hydrogens is 368 g/mol. The molecule has 1 amide bonds. The summed E-state index contributed by atoms with van der Waals surface area (Å²) >= 11 is 8.45. The van der Waals surface area contributed by atoms with Crippen molar-refractivity contribution in [2.75, 3.05) is 19.6 Å². The summed E-state index contributed by atoms with van der Waals surface area (Å²) in [4.78, 5) is 15.1. The maximum absolute atomic E-state index is 11.3. The highest BCUT2D eigenvalue weighted by molar-refractivity contribution is 7.19. The first kappa shape index (κ1) is 17.0. The predicted molar refractivity (Wildman–Crippen MR) is 105 cm³/mol. The molecule has 2 bridgehead atoms. The van der Waals surface area contributed by atoms with Crippen LogP contribution in [0.1, 0.15) is 24.6 Å². The molecule has 0 saturated carbocycles. The SMILES string of the molecule is CC(=O)NC[C@H]1[C@H]2CN(Cc3sc4ccccc4c3Cl)C[C@]23CC[C@H]1O3. The highest BCUT2D eigenvalue weighted by Gasteiger charge is 2.62. The van der Waals surface area contributed by atoms with E-state index in [1.807, 2.05) is 6.07 Å². The highest BCUT2D eigenvalue weighted by atomic mass is 35.5. The lowest BCUT2D eigenvalue weighted by atomic mass is 9.73. The Hall–Kier alpha value is -1.14. The number of hydrogen-bond donors (Lipinski definition) is 1. The summed E-state index contributed by atoms with van der Waals surface area (Å²) < 4.78 is 7.72.